The van der Waals surface area contributed by atoms with Gasteiger partial charge in [0, 0.05) is 11.9 Å². The number of hydrogen-bond donors (Lipinski definition) is 3. The molecule has 5 heterocycles. The highest BCUT2D eigenvalue weighted by atomic mass is 16.5. The zero-order valence-electron chi connectivity index (χ0n) is 17.4. The molecule has 0 spiro atoms. The molecular weight excluding hydrogens is 406 g/mol. The van der Waals surface area contributed by atoms with Crippen molar-refractivity contribution in [3.63, 3.8) is 0 Å². The summed E-state index contributed by atoms with van der Waals surface area (Å²) in [6.07, 6.45) is 5.34. The second-order valence-corrected chi connectivity index (χ2v) is 7.70. The van der Waals surface area contributed by atoms with E-state index in [1.54, 1.807) is 6.33 Å². The monoisotopic (exact) mass is 427 g/mol. The number of fused-ring (bicyclic) bond motifs is 2. The van der Waals surface area contributed by atoms with Crippen molar-refractivity contribution in [1.82, 2.24) is 35.1 Å². The maximum absolute atomic E-state index is 5.81. The summed E-state index contributed by atoms with van der Waals surface area (Å²) in [6.45, 7) is 3.81. The Balaban J connectivity index is 1.31. The summed E-state index contributed by atoms with van der Waals surface area (Å²) < 4.78 is 5.81. The Kier molecular flexibility index (Phi) is 4.43. The van der Waals surface area contributed by atoms with Gasteiger partial charge in [-0.1, -0.05) is 6.07 Å². The lowest BCUT2D eigenvalue weighted by molar-refractivity contribution is 0.0933. The summed E-state index contributed by atoms with van der Waals surface area (Å²) in [5.74, 6) is 1.46. The van der Waals surface area contributed by atoms with Crippen molar-refractivity contribution >= 4 is 39.3 Å². The van der Waals surface area contributed by atoms with E-state index < -0.39 is 0 Å². The second kappa shape index (κ2) is 7.57. The number of rotatable bonds is 4. The van der Waals surface area contributed by atoms with Gasteiger partial charge in [-0.25, -0.2) is 19.9 Å². The minimum Gasteiger partial charge on any atom is -0.377 e. The lowest BCUT2D eigenvalue weighted by atomic mass is 10.1. The molecule has 3 N–H and O–H groups in total. The van der Waals surface area contributed by atoms with Crippen LogP contribution < -0.4 is 10.2 Å². The maximum Gasteiger partial charge on any atom is 0.181 e. The lowest BCUT2D eigenvalue weighted by Gasteiger charge is -2.37. The standard InChI is InChI=1S/C22H21N9O/c1-13-27-20(21-22(28-13)25-12-24-21)18-11-32-8-7-31(18)14-5-6-19(23-9-14)29-16-3-2-4-17-15(16)10-26-30-17/h2-6,9-10,12,18H,7-8,11H2,1H3,(H,23,29)(H,26,30)(H,24,25,27,28). The fourth-order valence-corrected chi connectivity index (χ4v) is 4.19. The molecule has 1 aromatic carbocycles. The number of pyridine rings is 1. The average Bonchev–Trinajstić information content (AvgIpc) is 3.49. The first kappa shape index (κ1) is 18.7. The second-order valence-electron chi connectivity index (χ2n) is 7.70. The van der Waals surface area contributed by atoms with E-state index in [0.717, 1.165) is 45.9 Å². The van der Waals surface area contributed by atoms with Gasteiger partial charge in [-0.15, -0.1) is 0 Å². The Hall–Kier alpha value is -4.05. The topological polar surface area (TPSA) is 121 Å². The number of hydrogen-bond acceptors (Lipinski definition) is 8. The molecule has 1 atom stereocenters. The minimum atomic E-state index is -0.0614. The molecule has 1 saturated heterocycles. The molecule has 1 aliphatic heterocycles. The first-order chi connectivity index (χ1) is 15.8. The molecule has 32 heavy (non-hydrogen) atoms. The fraction of sp³-hybridized carbons (Fsp3) is 0.227. The van der Waals surface area contributed by atoms with E-state index in [-0.39, 0.29) is 6.04 Å². The molecule has 0 bridgehead atoms. The third-order valence-electron chi connectivity index (χ3n) is 5.70. The van der Waals surface area contributed by atoms with E-state index in [1.165, 1.54) is 0 Å². The third-order valence-corrected chi connectivity index (χ3v) is 5.70. The fourth-order valence-electron chi connectivity index (χ4n) is 4.19. The molecule has 0 radical (unpaired) electrons. The van der Waals surface area contributed by atoms with Crippen LogP contribution in [-0.4, -0.2) is 54.9 Å². The maximum atomic E-state index is 5.81. The quantitative estimate of drug-likeness (QED) is 0.400. The predicted molar refractivity (Wildman–Crippen MR) is 121 cm³/mol. The number of benzene rings is 1. The number of aryl methyl sites for hydroxylation is 1. The third kappa shape index (κ3) is 3.21. The van der Waals surface area contributed by atoms with Crippen LogP contribution in [0.25, 0.3) is 22.1 Å². The van der Waals surface area contributed by atoms with E-state index >= 15 is 0 Å². The van der Waals surface area contributed by atoms with Gasteiger partial charge in [-0.2, -0.15) is 5.10 Å². The van der Waals surface area contributed by atoms with Gasteiger partial charge >= 0.3 is 0 Å². The molecule has 160 valence electrons. The predicted octanol–water partition coefficient (Wildman–Crippen LogP) is 3.25. The number of ether oxygens (including phenoxy) is 1. The molecule has 1 fully saturated rings. The van der Waals surface area contributed by atoms with Gasteiger partial charge in [0.25, 0.3) is 0 Å². The summed E-state index contributed by atoms with van der Waals surface area (Å²) >= 11 is 0. The van der Waals surface area contributed by atoms with Crippen molar-refractivity contribution in [3.05, 3.63) is 60.6 Å². The van der Waals surface area contributed by atoms with Crippen LogP contribution in [0.1, 0.15) is 17.6 Å². The first-order valence-electron chi connectivity index (χ1n) is 10.4. The largest absolute Gasteiger partial charge is 0.377 e. The van der Waals surface area contributed by atoms with Crippen LogP contribution in [0.5, 0.6) is 0 Å². The van der Waals surface area contributed by atoms with Crippen molar-refractivity contribution in [3.8, 4) is 0 Å². The molecule has 0 saturated carbocycles. The number of nitrogens with zero attached hydrogens (tertiary/aromatic N) is 6. The number of imidazole rings is 1. The van der Waals surface area contributed by atoms with Gasteiger partial charge in [0.05, 0.1) is 60.6 Å². The summed E-state index contributed by atoms with van der Waals surface area (Å²) in [7, 11) is 0. The molecule has 1 aliphatic rings. The molecule has 5 aromatic rings. The van der Waals surface area contributed by atoms with Crippen LogP contribution in [0, 0.1) is 6.92 Å². The highest BCUT2D eigenvalue weighted by Gasteiger charge is 2.29. The Labute approximate surface area is 183 Å². The summed E-state index contributed by atoms with van der Waals surface area (Å²) in [6, 6.07) is 9.98. The van der Waals surface area contributed by atoms with Gasteiger partial charge in [-0.3, -0.25) is 5.10 Å². The Morgan fingerprint density at radius 2 is 2.09 bits per heavy atom. The van der Waals surface area contributed by atoms with Gasteiger partial charge < -0.3 is 19.9 Å². The molecule has 10 heteroatoms. The summed E-state index contributed by atoms with van der Waals surface area (Å²) in [5.41, 5.74) is 5.35. The van der Waals surface area contributed by atoms with Gasteiger partial charge in [0.2, 0.25) is 0 Å². The van der Waals surface area contributed by atoms with Gasteiger partial charge in [-0.05, 0) is 31.2 Å². The number of morpholine rings is 1. The molecular formula is C22H21N9O. The molecule has 0 amide bonds. The SMILES string of the molecule is Cc1nc(C2COCCN2c2ccc(Nc3cccc4[nH]ncc34)nc2)c2[nH]cnc2n1. The summed E-state index contributed by atoms with van der Waals surface area (Å²) in [5, 5.41) is 11.5. The normalized spacial score (nSPS) is 16.7. The molecule has 4 aromatic heterocycles. The zero-order valence-corrected chi connectivity index (χ0v) is 17.4. The Morgan fingerprint density at radius 3 is 3.00 bits per heavy atom. The number of aromatic amines is 2. The Morgan fingerprint density at radius 1 is 1.12 bits per heavy atom. The van der Waals surface area contributed by atoms with Crippen LogP contribution in [0.2, 0.25) is 0 Å². The van der Waals surface area contributed by atoms with Gasteiger partial charge in [0.1, 0.15) is 17.2 Å². The molecule has 10 nitrogen and oxygen atoms in total. The molecule has 0 aliphatic carbocycles. The highest BCUT2D eigenvalue weighted by Crippen LogP contribution is 2.32. The van der Waals surface area contributed by atoms with Crippen molar-refractivity contribution in [2.45, 2.75) is 13.0 Å². The van der Waals surface area contributed by atoms with E-state index in [9.17, 15) is 0 Å². The Bertz CT molecular complexity index is 1390. The van der Waals surface area contributed by atoms with Crippen LogP contribution in [0.3, 0.4) is 0 Å². The van der Waals surface area contributed by atoms with Crippen LogP contribution in [0.15, 0.2) is 49.1 Å². The van der Waals surface area contributed by atoms with E-state index in [4.69, 9.17) is 9.72 Å². The minimum absolute atomic E-state index is 0.0614. The number of H-pyrrole nitrogens is 2. The van der Waals surface area contributed by atoms with E-state index in [0.29, 0.717) is 24.7 Å². The van der Waals surface area contributed by atoms with Crippen LogP contribution >= 0.6 is 0 Å². The zero-order chi connectivity index (χ0) is 21.5. The highest BCUT2D eigenvalue weighted by molar-refractivity contribution is 5.92. The number of anilines is 3. The number of aromatic nitrogens is 7. The van der Waals surface area contributed by atoms with E-state index in [2.05, 4.69) is 46.4 Å². The summed E-state index contributed by atoms with van der Waals surface area (Å²) in [4.78, 5) is 23.6. The first-order valence-corrected chi connectivity index (χ1v) is 10.4. The van der Waals surface area contributed by atoms with Crippen molar-refractivity contribution in [2.24, 2.45) is 0 Å². The number of nitrogens with one attached hydrogen (secondary N) is 3. The van der Waals surface area contributed by atoms with Crippen LogP contribution in [-0.2, 0) is 4.74 Å². The van der Waals surface area contributed by atoms with Crippen molar-refractivity contribution in [1.29, 1.82) is 0 Å². The van der Waals surface area contributed by atoms with E-state index in [1.807, 2.05) is 43.6 Å². The smallest absolute Gasteiger partial charge is 0.181 e. The van der Waals surface area contributed by atoms with Crippen molar-refractivity contribution in [2.75, 3.05) is 30.0 Å². The van der Waals surface area contributed by atoms with Crippen LogP contribution in [0.4, 0.5) is 17.2 Å². The lowest BCUT2D eigenvalue weighted by Crippen LogP contribution is -2.40. The van der Waals surface area contributed by atoms with Gasteiger partial charge in [0.15, 0.2) is 5.65 Å². The van der Waals surface area contributed by atoms with Crippen molar-refractivity contribution < 1.29 is 4.74 Å². The molecule has 6 rings (SSSR count). The average molecular weight is 427 g/mol. The molecule has 1 unspecified atom stereocenters.